The van der Waals surface area contributed by atoms with E-state index in [0.29, 0.717) is 31.6 Å². The van der Waals surface area contributed by atoms with Crippen molar-refractivity contribution >= 4 is 29.1 Å². The molecule has 3 saturated heterocycles. The van der Waals surface area contributed by atoms with Crippen LogP contribution in [0.5, 0.6) is 0 Å². The number of carbonyl (C=O) groups is 3. The zero-order valence-corrected chi connectivity index (χ0v) is 29.1. The van der Waals surface area contributed by atoms with E-state index >= 15 is 4.79 Å². The van der Waals surface area contributed by atoms with Gasteiger partial charge in [-0.05, 0) is 69.7 Å². The van der Waals surface area contributed by atoms with Gasteiger partial charge in [-0.25, -0.2) is 0 Å². The molecule has 0 radical (unpaired) electrons. The van der Waals surface area contributed by atoms with Gasteiger partial charge in [-0.2, -0.15) is 0 Å². The van der Waals surface area contributed by atoms with Crippen LogP contribution in [0.2, 0.25) is 0 Å². The number of nitrogens with zero attached hydrogens (tertiary/aromatic N) is 4. The van der Waals surface area contributed by atoms with Crippen LogP contribution in [0.15, 0.2) is 49.6 Å². The quantitative estimate of drug-likeness (QED) is 0.260. The Morgan fingerprint density at radius 1 is 1.07 bits per heavy atom. The van der Waals surface area contributed by atoms with Crippen molar-refractivity contribution in [3.63, 3.8) is 0 Å². The van der Waals surface area contributed by atoms with Gasteiger partial charge in [0.05, 0.1) is 30.1 Å². The fourth-order valence-corrected chi connectivity index (χ4v) is 8.45. The maximum Gasteiger partial charge on any atom is 0.253 e. The van der Waals surface area contributed by atoms with E-state index in [0.717, 1.165) is 25.2 Å². The van der Waals surface area contributed by atoms with Crippen molar-refractivity contribution in [3.8, 4) is 0 Å². The first-order valence-corrected chi connectivity index (χ1v) is 17.3. The van der Waals surface area contributed by atoms with Crippen LogP contribution in [0.4, 0.5) is 11.4 Å². The lowest BCUT2D eigenvalue weighted by Crippen LogP contribution is -2.60. The Balaban J connectivity index is 1.87. The Bertz CT molecular complexity index is 1280. The van der Waals surface area contributed by atoms with Gasteiger partial charge < -0.3 is 29.4 Å². The van der Waals surface area contributed by atoms with Gasteiger partial charge in [-0.1, -0.05) is 46.3 Å². The Hall–Kier alpha value is -3.17. The lowest BCUT2D eigenvalue weighted by atomic mass is 9.62. The highest BCUT2D eigenvalue weighted by molar-refractivity contribution is 6.05. The van der Waals surface area contributed by atoms with Crippen molar-refractivity contribution < 1.29 is 24.2 Å². The Labute approximate surface area is 276 Å². The van der Waals surface area contributed by atoms with Gasteiger partial charge in [0.1, 0.15) is 11.6 Å². The molecule has 254 valence electrons. The van der Waals surface area contributed by atoms with Gasteiger partial charge in [0.25, 0.3) is 5.91 Å². The summed E-state index contributed by atoms with van der Waals surface area (Å²) in [6.07, 6.45) is 5.33. The minimum Gasteiger partial charge on any atom is -0.394 e. The van der Waals surface area contributed by atoms with Gasteiger partial charge in [0, 0.05) is 44.1 Å². The molecule has 4 rings (SSSR count). The lowest BCUT2D eigenvalue weighted by molar-refractivity contribution is -0.154. The predicted molar refractivity (Wildman–Crippen MR) is 184 cm³/mol. The fraction of sp³-hybridized carbons (Fsp3) is 0.649. The van der Waals surface area contributed by atoms with Crippen LogP contribution in [0, 0.1) is 23.7 Å². The second kappa shape index (κ2) is 14.3. The molecule has 3 amide bonds. The summed E-state index contributed by atoms with van der Waals surface area (Å²) in [7, 11) is 0. The van der Waals surface area contributed by atoms with Crippen LogP contribution in [-0.2, 0) is 19.1 Å². The third-order valence-corrected chi connectivity index (χ3v) is 11.1. The molecule has 1 aromatic carbocycles. The number of rotatable bonds is 16. The topological polar surface area (TPSA) is 93.6 Å². The van der Waals surface area contributed by atoms with Crippen LogP contribution in [0.25, 0.3) is 0 Å². The minimum atomic E-state index is -1.21. The van der Waals surface area contributed by atoms with Gasteiger partial charge in [-0.15, -0.1) is 13.2 Å². The summed E-state index contributed by atoms with van der Waals surface area (Å²) in [4.78, 5) is 51.7. The number of aliphatic hydroxyl groups is 1. The molecule has 3 aliphatic rings. The van der Waals surface area contributed by atoms with Crippen LogP contribution in [-0.4, -0.2) is 95.2 Å². The summed E-state index contributed by atoms with van der Waals surface area (Å²) in [5, 5.41) is 10.8. The molecule has 3 heterocycles. The number of hydrogen-bond donors (Lipinski definition) is 1. The molecule has 2 bridgehead atoms. The highest BCUT2D eigenvalue weighted by Gasteiger charge is 2.80. The number of fused-ring (bicyclic) bond motifs is 1. The molecular formula is C37H56N4O5. The second-order valence-electron chi connectivity index (χ2n) is 13.6. The molecule has 3 aliphatic heterocycles. The number of amides is 3. The molecule has 0 saturated carbocycles. The van der Waals surface area contributed by atoms with Crippen molar-refractivity contribution in [2.24, 2.45) is 23.7 Å². The summed E-state index contributed by atoms with van der Waals surface area (Å²) in [5.74, 6) is -2.46. The van der Waals surface area contributed by atoms with E-state index in [1.807, 2.05) is 52.0 Å². The van der Waals surface area contributed by atoms with Crippen LogP contribution in [0.1, 0.15) is 67.7 Å². The summed E-state index contributed by atoms with van der Waals surface area (Å²) < 4.78 is 7.01. The molecular weight excluding hydrogens is 580 g/mol. The number of benzene rings is 1. The number of carbonyl (C=O) groups excluding carboxylic acids is 3. The average molecular weight is 637 g/mol. The first-order chi connectivity index (χ1) is 22.0. The molecule has 1 spiro atoms. The van der Waals surface area contributed by atoms with E-state index in [2.05, 4.69) is 38.8 Å². The molecule has 1 N–H and O–H groups in total. The van der Waals surface area contributed by atoms with Crippen LogP contribution >= 0.6 is 0 Å². The molecule has 46 heavy (non-hydrogen) atoms. The maximum atomic E-state index is 15.1. The summed E-state index contributed by atoms with van der Waals surface area (Å²) >= 11 is 0. The second-order valence-corrected chi connectivity index (χ2v) is 13.6. The third-order valence-electron chi connectivity index (χ3n) is 11.1. The van der Waals surface area contributed by atoms with E-state index in [4.69, 9.17) is 4.74 Å². The predicted octanol–water partition coefficient (Wildman–Crippen LogP) is 4.89. The monoisotopic (exact) mass is 636 g/mol. The normalized spacial score (nSPS) is 29.3. The molecule has 1 aromatic rings. The van der Waals surface area contributed by atoms with Crippen molar-refractivity contribution in [2.75, 3.05) is 49.1 Å². The van der Waals surface area contributed by atoms with Crippen LogP contribution < -0.4 is 9.80 Å². The molecule has 8 atom stereocenters. The molecule has 3 fully saturated rings. The zero-order valence-electron chi connectivity index (χ0n) is 29.1. The van der Waals surface area contributed by atoms with E-state index in [1.54, 1.807) is 26.9 Å². The van der Waals surface area contributed by atoms with Gasteiger partial charge in [-0.3, -0.25) is 14.4 Å². The SMILES string of the molecule is C=CCN(CCC)C(=O)[C@@H]1[C@H]2C(=O)N([C@@H](CO)[C@@H](C)CC)C(C(=O)N(CC=C)c3ccc(N(CC)CC)cc3)C23CC(C)[C@@]1(C)O3. The van der Waals surface area contributed by atoms with Gasteiger partial charge in [0.2, 0.25) is 11.8 Å². The summed E-state index contributed by atoms with van der Waals surface area (Å²) in [6, 6.07) is 6.27. The first kappa shape index (κ1) is 35.7. The lowest BCUT2D eigenvalue weighted by Gasteiger charge is -2.41. The summed E-state index contributed by atoms with van der Waals surface area (Å²) in [6.45, 7) is 24.6. The molecule has 0 aliphatic carbocycles. The van der Waals surface area contributed by atoms with Crippen LogP contribution in [0.3, 0.4) is 0 Å². The number of likely N-dealkylation sites (tertiary alicyclic amines) is 1. The Kier molecular flexibility index (Phi) is 11.1. The molecule has 3 unspecified atom stereocenters. The van der Waals surface area contributed by atoms with E-state index in [-0.39, 0.29) is 42.7 Å². The minimum absolute atomic E-state index is 0.0784. The average Bonchev–Trinajstić information content (AvgIpc) is 3.56. The standard InChI is InChI=1S/C37H56N4O5/c1-10-20-39(21-11-2)33(43)30-31-34(44)41(29(24-42)25(7)13-4)32(37(31)23-26(8)36(30,9)46-37)35(45)40(22-12-3)28-18-16-27(17-19-28)38(14-5)15-6/h10,12,16-19,25-26,29-32,42H,1,3,11,13-15,20-24H2,2,4-9H3/t25-,26?,29-,30-,31-,32?,36+,37?/m0/s1. The highest BCUT2D eigenvalue weighted by Crippen LogP contribution is 2.66. The fourth-order valence-electron chi connectivity index (χ4n) is 8.45. The Morgan fingerprint density at radius 3 is 2.20 bits per heavy atom. The number of anilines is 2. The van der Waals surface area contributed by atoms with E-state index in [1.165, 1.54) is 0 Å². The van der Waals surface area contributed by atoms with Crippen molar-refractivity contribution in [2.45, 2.75) is 91.0 Å². The van der Waals surface area contributed by atoms with E-state index < -0.39 is 35.1 Å². The molecule has 0 aromatic heterocycles. The zero-order chi connectivity index (χ0) is 34.0. The number of aliphatic hydroxyl groups excluding tert-OH is 1. The molecule has 9 heteroatoms. The smallest absolute Gasteiger partial charge is 0.253 e. The first-order valence-electron chi connectivity index (χ1n) is 17.3. The molecule has 9 nitrogen and oxygen atoms in total. The number of ether oxygens (including phenoxy) is 1. The third kappa shape index (κ3) is 5.68. The van der Waals surface area contributed by atoms with Crippen molar-refractivity contribution in [3.05, 3.63) is 49.6 Å². The van der Waals surface area contributed by atoms with Gasteiger partial charge in [0.15, 0.2) is 0 Å². The Morgan fingerprint density at radius 2 is 1.67 bits per heavy atom. The largest absolute Gasteiger partial charge is 0.394 e. The highest BCUT2D eigenvalue weighted by atomic mass is 16.5. The van der Waals surface area contributed by atoms with Crippen molar-refractivity contribution in [1.29, 1.82) is 0 Å². The van der Waals surface area contributed by atoms with Crippen molar-refractivity contribution in [1.82, 2.24) is 9.80 Å². The van der Waals surface area contributed by atoms with Gasteiger partial charge >= 0.3 is 0 Å². The summed E-state index contributed by atoms with van der Waals surface area (Å²) in [5.41, 5.74) is -0.382. The maximum absolute atomic E-state index is 15.1. The number of hydrogen-bond acceptors (Lipinski definition) is 6. The van der Waals surface area contributed by atoms with E-state index in [9.17, 15) is 14.7 Å².